The number of aryl methyl sites for hydroxylation is 1. The fourth-order valence-electron chi connectivity index (χ4n) is 4.94. The van der Waals surface area contributed by atoms with Gasteiger partial charge in [0.05, 0.1) is 27.9 Å². The van der Waals surface area contributed by atoms with Crippen LogP contribution in [0.3, 0.4) is 0 Å². The summed E-state index contributed by atoms with van der Waals surface area (Å²) in [6, 6.07) is 5.80. The number of fused-ring (bicyclic) bond motifs is 1. The van der Waals surface area contributed by atoms with Gasteiger partial charge in [0, 0.05) is 29.1 Å². The lowest BCUT2D eigenvalue weighted by Gasteiger charge is -2.37. The Morgan fingerprint density at radius 2 is 1.60 bits per heavy atom. The summed E-state index contributed by atoms with van der Waals surface area (Å²) < 4.78 is 27.7. The Bertz CT molecular complexity index is 1330. The minimum atomic E-state index is -2.14. The monoisotopic (exact) mass is 646 g/mol. The Labute approximate surface area is 269 Å². The molecule has 252 valence electrons. The number of hydrogen-bond donors (Lipinski definition) is 2. The van der Waals surface area contributed by atoms with Gasteiger partial charge in [0.2, 0.25) is 0 Å². The topological polar surface area (TPSA) is 125 Å². The molecule has 0 aliphatic carbocycles. The van der Waals surface area contributed by atoms with Gasteiger partial charge in [0.15, 0.2) is 14.2 Å². The number of hydrogen-bond acceptors (Lipinski definition) is 8. The van der Waals surface area contributed by atoms with E-state index >= 15 is 0 Å². The predicted octanol–water partition coefficient (Wildman–Crippen LogP) is 6.72. The van der Waals surface area contributed by atoms with Crippen molar-refractivity contribution in [3.05, 3.63) is 41.1 Å². The van der Waals surface area contributed by atoms with E-state index in [0.717, 1.165) is 27.7 Å². The van der Waals surface area contributed by atoms with Crippen molar-refractivity contribution in [2.75, 3.05) is 34.5 Å². The Morgan fingerprint density at radius 3 is 2.11 bits per heavy atom. The second-order valence-electron chi connectivity index (χ2n) is 13.8. The lowest BCUT2D eigenvalue weighted by molar-refractivity contribution is -0.161. The number of ether oxygens (including phenoxy) is 4. The minimum absolute atomic E-state index is 0.0148. The minimum Gasteiger partial charge on any atom is -0.497 e. The molecule has 0 bridgehead atoms. The molecule has 10 nitrogen and oxygen atoms in total. The molecular weight excluding hydrogens is 592 g/mol. The molecule has 0 saturated heterocycles. The number of allylic oxidation sites excluding steroid dienone is 1. The molecule has 0 saturated carbocycles. The number of methoxy groups -OCH3 is 3. The van der Waals surface area contributed by atoms with E-state index in [1.165, 1.54) is 14.2 Å². The lowest BCUT2D eigenvalue weighted by Crippen LogP contribution is -2.42. The number of aromatic nitrogens is 1. The largest absolute Gasteiger partial charge is 0.497 e. The third-order valence-corrected chi connectivity index (χ3v) is 13.0. The highest BCUT2D eigenvalue weighted by Crippen LogP contribution is 2.38. The number of H-pyrrole nitrogens is 1. The van der Waals surface area contributed by atoms with Crippen molar-refractivity contribution in [3.8, 4) is 5.75 Å². The summed E-state index contributed by atoms with van der Waals surface area (Å²) in [4.78, 5) is 42.0. The van der Waals surface area contributed by atoms with E-state index in [1.807, 2.05) is 52.0 Å². The zero-order valence-corrected chi connectivity index (χ0v) is 30.3. The number of aromatic amines is 1. The van der Waals surface area contributed by atoms with E-state index in [1.54, 1.807) is 7.11 Å². The third kappa shape index (κ3) is 10.4. The fourth-order valence-corrected chi connectivity index (χ4v) is 5.90. The van der Waals surface area contributed by atoms with Gasteiger partial charge in [-0.1, -0.05) is 26.8 Å². The van der Waals surface area contributed by atoms with Crippen LogP contribution in [-0.4, -0.2) is 71.4 Å². The van der Waals surface area contributed by atoms with Crippen molar-refractivity contribution in [3.63, 3.8) is 0 Å². The van der Waals surface area contributed by atoms with Gasteiger partial charge in [-0.2, -0.15) is 0 Å². The van der Waals surface area contributed by atoms with Crippen LogP contribution in [0.15, 0.2) is 29.8 Å². The first-order valence-corrected chi connectivity index (χ1v) is 18.4. The van der Waals surface area contributed by atoms with Gasteiger partial charge in [-0.3, -0.25) is 9.59 Å². The molecule has 1 amide bonds. The molecule has 45 heavy (non-hydrogen) atoms. The van der Waals surface area contributed by atoms with Crippen LogP contribution in [0.25, 0.3) is 10.9 Å². The normalized spacial score (nSPS) is 13.5. The smallest absolute Gasteiger partial charge is 0.407 e. The lowest BCUT2D eigenvalue weighted by atomic mass is 9.81. The van der Waals surface area contributed by atoms with Crippen LogP contribution in [-0.2, 0) is 41.1 Å². The molecule has 1 atom stereocenters. The van der Waals surface area contributed by atoms with Crippen molar-refractivity contribution < 1.29 is 37.8 Å². The quantitative estimate of drug-likeness (QED) is 0.0762. The maximum absolute atomic E-state index is 13.1. The van der Waals surface area contributed by atoms with Crippen molar-refractivity contribution >= 4 is 37.3 Å². The van der Waals surface area contributed by atoms with Gasteiger partial charge in [0.25, 0.3) is 0 Å². The average molecular weight is 647 g/mol. The van der Waals surface area contributed by atoms with Gasteiger partial charge >= 0.3 is 18.0 Å². The molecule has 1 aromatic heterocycles. The molecule has 0 aliphatic heterocycles. The van der Waals surface area contributed by atoms with Crippen molar-refractivity contribution in [2.45, 2.75) is 91.5 Å². The van der Waals surface area contributed by atoms with Crippen LogP contribution < -0.4 is 10.1 Å². The molecule has 11 heteroatoms. The zero-order chi connectivity index (χ0) is 34.2. The van der Waals surface area contributed by atoms with Crippen LogP contribution in [0, 0.1) is 11.8 Å². The predicted molar refractivity (Wildman–Crippen MR) is 179 cm³/mol. The molecule has 0 unspecified atom stereocenters. The standard InChI is InChI=1S/C34H54N2O8Si/c1-13-22(21-43-45(11,12)34(5,6)7)24(29(30(37)41-9)31(38)42-10)15-17-27-25(18-19-35-32(39)44-33(2,3)4)26-20-23(40-8)14-16-28(26)36-27/h13-14,16,20,24,29,36H,15,17-19,21H2,1-12H3,(H,35,39)/b22-13-/t24-/m0/s1. The van der Waals surface area contributed by atoms with Crippen LogP contribution in [0.4, 0.5) is 4.79 Å². The van der Waals surface area contributed by atoms with Gasteiger partial charge in [0.1, 0.15) is 11.4 Å². The molecule has 0 aliphatic rings. The Kier molecular flexibility index (Phi) is 13.3. The first-order chi connectivity index (χ1) is 20.9. The van der Waals surface area contributed by atoms with Crippen LogP contribution in [0.1, 0.15) is 66.1 Å². The molecule has 2 aromatic rings. The van der Waals surface area contributed by atoms with Gasteiger partial charge < -0.3 is 33.7 Å². The first kappa shape index (κ1) is 37.9. The molecular formula is C34H54N2O8Si. The molecule has 2 rings (SSSR count). The molecule has 1 aromatic carbocycles. The maximum atomic E-state index is 13.1. The van der Waals surface area contributed by atoms with E-state index < -0.39 is 43.8 Å². The summed E-state index contributed by atoms with van der Waals surface area (Å²) in [5, 5.41) is 3.80. The number of esters is 2. The van der Waals surface area contributed by atoms with Gasteiger partial charge in [-0.15, -0.1) is 0 Å². The Morgan fingerprint density at radius 1 is 0.978 bits per heavy atom. The highest BCUT2D eigenvalue weighted by molar-refractivity contribution is 6.74. The molecule has 0 radical (unpaired) electrons. The van der Waals surface area contributed by atoms with Crippen LogP contribution in [0.2, 0.25) is 18.1 Å². The van der Waals surface area contributed by atoms with E-state index in [9.17, 15) is 14.4 Å². The number of nitrogens with one attached hydrogen (secondary N) is 2. The molecule has 1 heterocycles. The van der Waals surface area contributed by atoms with E-state index in [-0.39, 0.29) is 5.04 Å². The van der Waals surface area contributed by atoms with Crippen molar-refractivity contribution in [2.24, 2.45) is 11.8 Å². The Balaban J connectivity index is 2.49. The molecule has 0 spiro atoms. The summed E-state index contributed by atoms with van der Waals surface area (Å²) >= 11 is 0. The van der Waals surface area contributed by atoms with E-state index in [4.69, 9.17) is 23.4 Å². The van der Waals surface area contributed by atoms with Gasteiger partial charge in [-0.25, -0.2) is 4.79 Å². The zero-order valence-electron chi connectivity index (χ0n) is 29.3. The number of carbonyl (C=O) groups is 3. The summed E-state index contributed by atoms with van der Waals surface area (Å²) in [6.07, 6.45) is 2.91. The average Bonchev–Trinajstić information content (AvgIpc) is 3.30. The van der Waals surface area contributed by atoms with Crippen molar-refractivity contribution in [1.82, 2.24) is 10.3 Å². The summed E-state index contributed by atoms with van der Waals surface area (Å²) in [6.45, 7) is 18.8. The number of amides is 1. The number of benzene rings is 1. The SMILES string of the molecule is C/C=C(/CO[Si](C)(C)C(C)(C)C)[C@H](CCc1[nH]c2ccc(OC)cc2c1CCNC(=O)OC(C)(C)C)C(C(=O)OC)C(=O)OC. The second-order valence-corrected chi connectivity index (χ2v) is 18.6. The van der Waals surface area contributed by atoms with Crippen LogP contribution >= 0.6 is 0 Å². The molecule has 2 N–H and O–H groups in total. The van der Waals surface area contributed by atoms with Crippen LogP contribution in [0.5, 0.6) is 5.75 Å². The second kappa shape index (κ2) is 15.8. The van der Waals surface area contributed by atoms with Gasteiger partial charge in [-0.05, 0) is 94.4 Å². The fraction of sp³-hybridized carbons (Fsp3) is 0.618. The number of rotatable bonds is 14. The summed E-state index contributed by atoms with van der Waals surface area (Å²) in [5.41, 5.74) is 3.09. The molecule has 0 fully saturated rings. The summed E-state index contributed by atoms with van der Waals surface area (Å²) in [7, 11) is 2.03. The maximum Gasteiger partial charge on any atom is 0.407 e. The first-order valence-electron chi connectivity index (χ1n) is 15.5. The van der Waals surface area contributed by atoms with E-state index in [2.05, 4.69) is 44.2 Å². The third-order valence-electron chi connectivity index (χ3n) is 8.52. The van der Waals surface area contributed by atoms with Crippen molar-refractivity contribution in [1.29, 1.82) is 0 Å². The number of carbonyl (C=O) groups excluding carboxylic acids is 3. The highest BCUT2D eigenvalue weighted by Gasteiger charge is 2.41. The highest BCUT2D eigenvalue weighted by atomic mass is 28.4. The summed E-state index contributed by atoms with van der Waals surface area (Å²) in [5.74, 6) is -2.28. The number of alkyl carbamates (subject to hydrolysis) is 1. The van der Waals surface area contributed by atoms with E-state index in [0.29, 0.717) is 38.2 Å². The Hall–Kier alpha value is -3.31.